The van der Waals surface area contributed by atoms with Crippen molar-refractivity contribution in [3.8, 4) is 5.75 Å². The summed E-state index contributed by atoms with van der Waals surface area (Å²) in [4.78, 5) is 7.67. The first-order valence-corrected chi connectivity index (χ1v) is 6.13. The van der Waals surface area contributed by atoms with Crippen molar-refractivity contribution in [3.05, 3.63) is 29.3 Å². The van der Waals surface area contributed by atoms with Gasteiger partial charge in [0.2, 0.25) is 0 Å². The molecule has 17 heavy (non-hydrogen) atoms. The molecule has 3 nitrogen and oxygen atoms in total. The number of hydrogen-bond acceptors (Lipinski definition) is 3. The van der Waals surface area contributed by atoms with Crippen LogP contribution in [0.4, 0.5) is 0 Å². The smallest absolute Gasteiger partial charge is 0.161 e. The fraction of sp³-hybridized carbons (Fsp3) is 0.500. The molecule has 0 aromatic heterocycles. The van der Waals surface area contributed by atoms with Gasteiger partial charge in [0.05, 0.1) is 0 Å². The lowest BCUT2D eigenvalue weighted by Gasteiger charge is -2.29. The van der Waals surface area contributed by atoms with E-state index in [0.717, 1.165) is 18.8 Å². The highest BCUT2D eigenvalue weighted by Crippen LogP contribution is 2.34. The van der Waals surface area contributed by atoms with Crippen LogP contribution in [0, 0.1) is 6.92 Å². The molecular weight excluding hydrogens is 212 g/mol. The molecule has 1 aliphatic heterocycles. The van der Waals surface area contributed by atoms with Gasteiger partial charge in [-0.2, -0.15) is 0 Å². The molecule has 0 aliphatic carbocycles. The molecule has 1 aromatic rings. The summed E-state index contributed by atoms with van der Waals surface area (Å²) in [5.74, 6) is 1.46. The molecular formula is C14H20N2O. The van der Waals surface area contributed by atoms with E-state index in [1.807, 2.05) is 6.07 Å². The third-order valence-corrected chi connectivity index (χ3v) is 3.49. The van der Waals surface area contributed by atoms with E-state index in [1.165, 1.54) is 24.0 Å². The summed E-state index contributed by atoms with van der Waals surface area (Å²) < 4.78 is 0. The van der Waals surface area contributed by atoms with Crippen molar-refractivity contribution in [2.75, 3.05) is 20.1 Å². The minimum absolute atomic E-state index is 0.587. The number of hydrogen-bond donors (Lipinski definition) is 0. The molecule has 92 valence electrons. The third kappa shape index (κ3) is 2.86. The second-order valence-electron chi connectivity index (χ2n) is 4.84. The molecule has 0 saturated carbocycles. The molecule has 1 saturated heterocycles. The Morgan fingerprint density at radius 3 is 2.71 bits per heavy atom. The van der Waals surface area contributed by atoms with Gasteiger partial charge < -0.3 is 9.74 Å². The highest BCUT2D eigenvalue weighted by Gasteiger charge is 2.21. The number of oxime groups is 1. The highest BCUT2D eigenvalue weighted by atomic mass is 16.6. The zero-order valence-electron chi connectivity index (χ0n) is 10.6. The Morgan fingerprint density at radius 2 is 2.06 bits per heavy atom. The Hall–Kier alpha value is -1.35. The molecule has 3 heteroatoms. The largest absolute Gasteiger partial charge is 0.357 e. The number of nitrogens with zero attached hydrogens (tertiary/aromatic N) is 2. The SMILES string of the molecule is C=NOc1cc(C)ccc1C1CCN(C)CC1. The average molecular weight is 232 g/mol. The van der Waals surface area contributed by atoms with E-state index >= 15 is 0 Å². The maximum absolute atomic E-state index is 5.30. The van der Waals surface area contributed by atoms with Crippen LogP contribution >= 0.6 is 0 Å². The molecule has 0 atom stereocenters. The van der Waals surface area contributed by atoms with E-state index in [9.17, 15) is 0 Å². The maximum Gasteiger partial charge on any atom is 0.161 e. The van der Waals surface area contributed by atoms with Crippen LogP contribution in [0.3, 0.4) is 0 Å². The van der Waals surface area contributed by atoms with Crippen molar-refractivity contribution < 1.29 is 4.84 Å². The van der Waals surface area contributed by atoms with Gasteiger partial charge in [0.25, 0.3) is 0 Å². The van der Waals surface area contributed by atoms with Crippen molar-refractivity contribution in [3.63, 3.8) is 0 Å². The first-order chi connectivity index (χ1) is 8.20. The molecule has 1 aliphatic rings. The Morgan fingerprint density at radius 1 is 1.35 bits per heavy atom. The summed E-state index contributed by atoms with van der Waals surface area (Å²) in [6.45, 7) is 7.77. The number of benzene rings is 1. The van der Waals surface area contributed by atoms with E-state index in [2.05, 4.69) is 42.9 Å². The molecule has 0 spiro atoms. The highest BCUT2D eigenvalue weighted by molar-refractivity contribution is 5.40. The molecule has 1 fully saturated rings. The van der Waals surface area contributed by atoms with Crippen LogP contribution in [0.15, 0.2) is 23.4 Å². The van der Waals surface area contributed by atoms with E-state index < -0.39 is 0 Å². The standard InChI is InChI=1S/C14H20N2O/c1-11-4-5-13(14(10-11)17-15-2)12-6-8-16(3)9-7-12/h4-5,10,12H,2,6-9H2,1,3H3. The van der Waals surface area contributed by atoms with Crippen molar-refractivity contribution in [2.45, 2.75) is 25.7 Å². The molecule has 0 radical (unpaired) electrons. The van der Waals surface area contributed by atoms with Crippen LogP contribution < -0.4 is 4.84 Å². The average Bonchev–Trinajstić information content (AvgIpc) is 2.31. The van der Waals surface area contributed by atoms with E-state index in [-0.39, 0.29) is 0 Å². The zero-order chi connectivity index (χ0) is 12.3. The Bertz CT molecular complexity index is 395. The third-order valence-electron chi connectivity index (χ3n) is 3.49. The van der Waals surface area contributed by atoms with E-state index in [1.54, 1.807) is 0 Å². The number of likely N-dealkylation sites (tertiary alicyclic amines) is 1. The van der Waals surface area contributed by atoms with Gasteiger partial charge in [-0.3, -0.25) is 0 Å². The lowest BCUT2D eigenvalue weighted by atomic mass is 9.88. The fourth-order valence-corrected chi connectivity index (χ4v) is 2.45. The lowest BCUT2D eigenvalue weighted by Crippen LogP contribution is -2.29. The van der Waals surface area contributed by atoms with Crippen LogP contribution in [0.1, 0.15) is 29.9 Å². The van der Waals surface area contributed by atoms with Gasteiger partial charge in [0, 0.05) is 12.3 Å². The fourth-order valence-electron chi connectivity index (χ4n) is 2.45. The second-order valence-corrected chi connectivity index (χ2v) is 4.84. The van der Waals surface area contributed by atoms with Crippen LogP contribution in [-0.4, -0.2) is 31.8 Å². The van der Waals surface area contributed by atoms with Gasteiger partial charge in [0.15, 0.2) is 5.75 Å². The van der Waals surface area contributed by atoms with Crippen LogP contribution in [0.2, 0.25) is 0 Å². The van der Waals surface area contributed by atoms with E-state index in [0.29, 0.717) is 5.92 Å². The molecule has 0 amide bonds. The van der Waals surface area contributed by atoms with Crippen molar-refractivity contribution >= 4 is 6.72 Å². The molecule has 0 bridgehead atoms. The molecule has 0 unspecified atom stereocenters. The van der Waals surface area contributed by atoms with Gasteiger partial charge >= 0.3 is 0 Å². The maximum atomic E-state index is 5.30. The van der Waals surface area contributed by atoms with Gasteiger partial charge in [0.1, 0.15) is 0 Å². The first kappa shape index (κ1) is 12.1. The predicted octanol–water partition coefficient (Wildman–Crippen LogP) is 2.80. The molecule has 1 aromatic carbocycles. The number of aryl methyl sites for hydroxylation is 1. The van der Waals surface area contributed by atoms with Crippen LogP contribution in [0.5, 0.6) is 5.75 Å². The quantitative estimate of drug-likeness (QED) is 0.591. The summed E-state index contributed by atoms with van der Waals surface area (Å²) in [6.07, 6.45) is 2.38. The summed E-state index contributed by atoms with van der Waals surface area (Å²) in [6, 6.07) is 6.36. The van der Waals surface area contributed by atoms with Gasteiger partial charge in [-0.15, -0.1) is 0 Å². The molecule has 1 heterocycles. The summed E-state index contributed by atoms with van der Waals surface area (Å²) in [7, 11) is 2.17. The lowest BCUT2D eigenvalue weighted by molar-refractivity contribution is 0.250. The minimum Gasteiger partial charge on any atom is -0.357 e. The minimum atomic E-state index is 0.587. The van der Waals surface area contributed by atoms with Gasteiger partial charge in [-0.05, 0) is 57.5 Å². The topological polar surface area (TPSA) is 24.8 Å². The van der Waals surface area contributed by atoms with Crippen molar-refractivity contribution in [2.24, 2.45) is 5.16 Å². The molecule has 0 N–H and O–H groups in total. The van der Waals surface area contributed by atoms with Crippen LogP contribution in [-0.2, 0) is 0 Å². The monoisotopic (exact) mass is 232 g/mol. The Labute approximate surface area is 103 Å². The van der Waals surface area contributed by atoms with Crippen molar-refractivity contribution in [1.82, 2.24) is 4.90 Å². The Kier molecular flexibility index (Phi) is 3.79. The van der Waals surface area contributed by atoms with Gasteiger partial charge in [-0.25, -0.2) is 0 Å². The van der Waals surface area contributed by atoms with Gasteiger partial charge in [-0.1, -0.05) is 17.3 Å². The summed E-state index contributed by atoms with van der Waals surface area (Å²) in [5, 5.41) is 3.56. The van der Waals surface area contributed by atoms with Crippen LogP contribution in [0.25, 0.3) is 0 Å². The summed E-state index contributed by atoms with van der Waals surface area (Å²) in [5.41, 5.74) is 2.47. The van der Waals surface area contributed by atoms with Crippen molar-refractivity contribution in [1.29, 1.82) is 0 Å². The van der Waals surface area contributed by atoms with E-state index in [4.69, 9.17) is 4.84 Å². The normalized spacial score (nSPS) is 18.0. The predicted molar refractivity (Wildman–Crippen MR) is 70.8 cm³/mol. The summed E-state index contributed by atoms with van der Waals surface area (Å²) >= 11 is 0. The number of piperidine rings is 1. The first-order valence-electron chi connectivity index (χ1n) is 6.13. The zero-order valence-corrected chi connectivity index (χ0v) is 10.6. The second kappa shape index (κ2) is 5.32. The molecule has 2 rings (SSSR count). The Balaban J connectivity index is 2.21. The number of rotatable bonds is 3.